The Bertz CT molecular complexity index is 1820. The van der Waals surface area contributed by atoms with E-state index in [9.17, 15) is 5.26 Å². The second-order valence-corrected chi connectivity index (χ2v) is 14.1. The van der Waals surface area contributed by atoms with Gasteiger partial charge < -0.3 is 18.9 Å². The van der Waals surface area contributed by atoms with Crippen LogP contribution in [0.4, 0.5) is 0 Å². The van der Waals surface area contributed by atoms with Crippen molar-refractivity contribution < 1.29 is 18.9 Å². The van der Waals surface area contributed by atoms with Gasteiger partial charge in [-0.2, -0.15) is 5.26 Å². The molecule has 0 radical (unpaired) electrons. The minimum absolute atomic E-state index is 0.281. The van der Waals surface area contributed by atoms with Gasteiger partial charge in [-0.3, -0.25) is 14.8 Å². The Kier molecular flexibility index (Phi) is 12.8. The lowest BCUT2D eigenvalue weighted by molar-refractivity contribution is 0.0358. The smallest absolute Gasteiger partial charge is 0.142 e. The first-order valence-electron chi connectivity index (χ1n) is 18.2. The van der Waals surface area contributed by atoms with Crippen molar-refractivity contribution in [1.29, 1.82) is 5.26 Å². The number of halogens is 1. The minimum atomic E-state index is 0.281. The van der Waals surface area contributed by atoms with E-state index in [-0.39, 0.29) is 6.61 Å². The number of ether oxygens (including phenoxy) is 4. The van der Waals surface area contributed by atoms with Crippen LogP contribution in [-0.4, -0.2) is 66.8 Å². The van der Waals surface area contributed by atoms with E-state index < -0.39 is 0 Å². The van der Waals surface area contributed by atoms with E-state index in [1.54, 1.807) is 18.5 Å². The highest BCUT2D eigenvalue weighted by Gasteiger charge is 2.22. The maximum Gasteiger partial charge on any atom is 0.142 e. The van der Waals surface area contributed by atoms with Gasteiger partial charge in [0.2, 0.25) is 0 Å². The SMILES string of the molecule is Cc1c(COc2cc(OCc3cncc(C#N)c3)c(CN3CCCC[C@H]3C)cc2Cl)cccc1-c1cccc(OCCCN2CCOCC2)c1C. The molecule has 0 N–H and O–H groups in total. The van der Waals surface area contributed by atoms with Gasteiger partial charge in [0.15, 0.2) is 0 Å². The molecule has 0 unspecified atom stereocenters. The largest absolute Gasteiger partial charge is 0.493 e. The second kappa shape index (κ2) is 17.9. The van der Waals surface area contributed by atoms with Crippen LogP contribution in [0.25, 0.3) is 11.1 Å². The van der Waals surface area contributed by atoms with Crippen LogP contribution in [0.5, 0.6) is 17.2 Å². The summed E-state index contributed by atoms with van der Waals surface area (Å²) in [6.07, 6.45) is 7.89. The van der Waals surface area contributed by atoms with E-state index >= 15 is 0 Å². The first kappa shape index (κ1) is 36.7. The van der Waals surface area contributed by atoms with Gasteiger partial charge in [0.25, 0.3) is 0 Å². The molecule has 0 aliphatic carbocycles. The van der Waals surface area contributed by atoms with E-state index in [0.29, 0.717) is 35.6 Å². The number of piperidine rings is 1. The molecule has 9 heteroatoms. The zero-order valence-electron chi connectivity index (χ0n) is 30.1. The summed E-state index contributed by atoms with van der Waals surface area (Å²) in [6.45, 7) is 14.3. The van der Waals surface area contributed by atoms with Gasteiger partial charge in [-0.1, -0.05) is 48.4 Å². The Labute approximate surface area is 307 Å². The first-order valence-corrected chi connectivity index (χ1v) is 18.5. The Morgan fingerprint density at radius 2 is 1.65 bits per heavy atom. The number of hydrogen-bond donors (Lipinski definition) is 0. The van der Waals surface area contributed by atoms with Crippen molar-refractivity contribution in [3.63, 3.8) is 0 Å². The monoisotopic (exact) mass is 708 g/mol. The molecule has 0 spiro atoms. The molecule has 2 fully saturated rings. The van der Waals surface area contributed by atoms with Crippen LogP contribution in [0.2, 0.25) is 5.02 Å². The van der Waals surface area contributed by atoms with Crippen molar-refractivity contribution in [3.05, 3.63) is 105 Å². The van der Waals surface area contributed by atoms with E-state index in [4.69, 9.17) is 30.5 Å². The summed E-state index contributed by atoms with van der Waals surface area (Å²) in [5.41, 5.74) is 8.01. The molecule has 2 aliphatic rings. The predicted molar refractivity (Wildman–Crippen MR) is 202 cm³/mol. The maximum atomic E-state index is 9.35. The number of pyridine rings is 1. The molecule has 0 saturated carbocycles. The van der Waals surface area contributed by atoms with Crippen LogP contribution in [-0.2, 0) is 24.5 Å². The van der Waals surface area contributed by atoms with E-state index in [1.165, 1.54) is 19.3 Å². The van der Waals surface area contributed by atoms with Crippen LogP contribution in [0.1, 0.15) is 66.0 Å². The van der Waals surface area contributed by atoms with Crippen molar-refractivity contribution in [2.24, 2.45) is 0 Å². The number of hydrogen-bond acceptors (Lipinski definition) is 8. The molecule has 3 heterocycles. The zero-order valence-corrected chi connectivity index (χ0v) is 30.9. The Hall–Kier alpha value is -4.13. The molecule has 3 aromatic carbocycles. The zero-order chi connectivity index (χ0) is 35.6. The topological polar surface area (TPSA) is 80.1 Å². The molecule has 1 atom stereocenters. The quantitative estimate of drug-likeness (QED) is 0.121. The van der Waals surface area contributed by atoms with Gasteiger partial charge in [0.05, 0.1) is 30.4 Å². The van der Waals surface area contributed by atoms with Crippen LogP contribution in [0.3, 0.4) is 0 Å². The van der Waals surface area contributed by atoms with Gasteiger partial charge in [-0.15, -0.1) is 0 Å². The van der Waals surface area contributed by atoms with Crippen LogP contribution in [0, 0.1) is 25.2 Å². The molecular formula is C42H49ClN4O4. The lowest BCUT2D eigenvalue weighted by Gasteiger charge is -2.33. The number of aromatic nitrogens is 1. The van der Waals surface area contributed by atoms with Gasteiger partial charge in [0.1, 0.15) is 36.5 Å². The highest BCUT2D eigenvalue weighted by atomic mass is 35.5. The van der Waals surface area contributed by atoms with Crippen molar-refractivity contribution in [2.75, 3.05) is 46.0 Å². The number of rotatable bonds is 14. The predicted octanol–water partition coefficient (Wildman–Crippen LogP) is 8.52. The molecule has 8 nitrogen and oxygen atoms in total. The summed E-state index contributed by atoms with van der Waals surface area (Å²) in [5, 5.41) is 9.90. The minimum Gasteiger partial charge on any atom is -0.493 e. The molecular weight excluding hydrogens is 660 g/mol. The van der Waals surface area contributed by atoms with Crippen molar-refractivity contribution in [2.45, 2.75) is 72.3 Å². The lowest BCUT2D eigenvalue weighted by Crippen LogP contribution is -2.37. The molecule has 1 aromatic heterocycles. The van der Waals surface area contributed by atoms with Crippen LogP contribution < -0.4 is 14.2 Å². The fourth-order valence-corrected chi connectivity index (χ4v) is 7.23. The highest BCUT2D eigenvalue weighted by molar-refractivity contribution is 6.32. The van der Waals surface area contributed by atoms with Gasteiger partial charge in [-0.25, -0.2) is 0 Å². The fourth-order valence-electron chi connectivity index (χ4n) is 6.99. The summed E-state index contributed by atoms with van der Waals surface area (Å²) in [7, 11) is 0. The maximum absolute atomic E-state index is 9.35. The number of nitriles is 1. The lowest BCUT2D eigenvalue weighted by atomic mass is 9.93. The third kappa shape index (κ3) is 9.61. The van der Waals surface area contributed by atoms with Crippen molar-refractivity contribution >= 4 is 11.6 Å². The number of morpholine rings is 1. The van der Waals surface area contributed by atoms with E-state index in [0.717, 1.165) is 103 Å². The van der Waals surface area contributed by atoms with E-state index in [1.807, 2.05) is 12.1 Å². The second-order valence-electron chi connectivity index (χ2n) is 13.7. The normalized spacial score (nSPS) is 16.8. The van der Waals surface area contributed by atoms with Crippen LogP contribution in [0.15, 0.2) is 67.0 Å². The summed E-state index contributed by atoms with van der Waals surface area (Å²) >= 11 is 6.91. The summed E-state index contributed by atoms with van der Waals surface area (Å²) in [4.78, 5) is 9.13. The highest BCUT2D eigenvalue weighted by Crippen LogP contribution is 2.37. The third-order valence-electron chi connectivity index (χ3n) is 10.1. The van der Waals surface area contributed by atoms with Crippen molar-refractivity contribution in [3.8, 4) is 34.4 Å². The molecule has 4 aromatic rings. The molecule has 0 bridgehead atoms. The number of nitrogens with zero attached hydrogens (tertiary/aromatic N) is 4. The molecule has 51 heavy (non-hydrogen) atoms. The standard InChI is InChI=1S/C42H49ClN4O4/c1-30-9-4-5-15-47(30)27-36-22-39(43)42(23-41(36)50-28-34-21-33(24-44)25-45-26-34)51-29-35-10-6-11-37(31(35)2)38-12-7-13-40(32(38)3)49-18-8-14-46-16-19-48-20-17-46/h6-7,10-13,21-23,25-26,30H,4-5,8-9,14-20,27-29H2,1-3H3/t30-/m1/s1. The summed E-state index contributed by atoms with van der Waals surface area (Å²) < 4.78 is 24.6. The molecule has 2 saturated heterocycles. The Morgan fingerprint density at radius 1 is 0.863 bits per heavy atom. The Balaban J connectivity index is 1.17. The van der Waals surface area contributed by atoms with Crippen LogP contribution >= 0.6 is 11.6 Å². The first-order chi connectivity index (χ1) is 24.9. The molecule has 2 aliphatic heterocycles. The van der Waals surface area contributed by atoms with Crippen molar-refractivity contribution in [1.82, 2.24) is 14.8 Å². The van der Waals surface area contributed by atoms with Gasteiger partial charge in [-0.05, 0) is 92.6 Å². The van der Waals surface area contributed by atoms with Gasteiger partial charge in [0, 0.05) is 61.8 Å². The fraction of sp³-hybridized carbons (Fsp3) is 0.429. The average Bonchev–Trinajstić information content (AvgIpc) is 3.15. The Morgan fingerprint density at radius 3 is 2.45 bits per heavy atom. The summed E-state index contributed by atoms with van der Waals surface area (Å²) in [6, 6.07) is 21.0. The van der Waals surface area contributed by atoms with E-state index in [2.05, 4.69) is 78.0 Å². The molecule has 6 rings (SSSR count). The third-order valence-corrected chi connectivity index (χ3v) is 10.4. The van der Waals surface area contributed by atoms with Gasteiger partial charge >= 0.3 is 0 Å². The number of benzene rings is 3. The summed E-state index contributed by atoms with van der Waals surface area (Å²) in [5.74, 6) is 2.21. The number of likely N-dealkylation sites (tertiary alicyclic amines) is 1. The molecule has 0 amide bonds. The average molecular weight is 709 g/mol. The molecule has 268 valence electrons.